The van der Waals surface area contributed by atoms with Crippen LogP contribution in [-0.4, -0.2) is 11.8 Å². The first kappa shape index (κ1) is 18.3. The van der Waals surface area contributed by atoms with Crippen LogP contribution in [0.25, 0.3) is 17.0 Å². The molecule has 1 aromatic heterocycles. The third kappa shape index (κ3) is 4.25. The molecule has 0 atom stereocenters. The zero-order valence-electron chi connectivity index (χ0n) is 15.5. The summed E-state index contributed by atoms with van der Waals surface area (Å²) in [6, 6.07) is 25.8. The molecule has 0 unspecified atom stereocenters. The van der Waals surface area contributed by atoms with Gasteiger partial charge in [0.15, 0.2) is 0 Å². The standard InChI is InChI=1S/C24H18N2O3/c27-21(16-15-17-9-3-1-4-10-17)26-22-19-13-7-8-14-20(19)29-23(22)24(28)25-18-11-5-2-6-12-18/h1-16H,(H,25,28)(H,26,27)/b16-15-. The average molecular weight is 382 g/mol. The molecule has 0 saturated carbocycles. The third-order valence-electron chi connectivity index (χ3n) is 4.31. The average Bonchev–Trinajstić information content (AvgIpc) is 3.12. The fourth-order valence-corrected chi connectivity index (χ4v) is 2.94. The lowest BCUT2D eigenvalue weighted by atomic mass is 10.2. The quantitative estimate of drug-likeness (QED) is 0.458. The summed E-state index contributed by atoms with van der Waals surface area (Å²) in [5, 5.41) is 6.24. The second-order valence-corrected chi connectivity index (χ2v) is 6.36. The summed E-state index contributed by atoms with van der Waals surface area (Å²) in [4.78, 5) is 25.3. The summed E-state index contributed by atoms with van der Waals surface area (Å²) in [5.74, 6) is -0.736. The Kier molecular flexibility index (Phi) is 5.21. The number of hydrogen-bond acceptors (Lipinski definition) is 3. The zero-order valence-corrected chi connectivity index (χ0v) is 15.5. The van der Waals surface area contributed by atoms with Gasteiger partial charge in [0.1, 0.15) is 11.3 Å². The van der Waals surface area contributed by atoms with Crippen molar-refractivity contribution >= 4 is 40.2 Å². The minimum atomic E-state index is -0.435. The highest BCUT2D eigenvalue weighted by Gasteiger charge is 2.21. The number of carbonyl (C=O) groups excluding carboxylic acids is 2. The molecule has 5 heteroatoms. The van der Waals surface area contributed by atoms with E-state index in [-0.39, 0.29) is 11.7 Å². The number of carbonyl (C=O) groups is 2. The van der Waals surface area contributed by atoms with E-state index in [1.807, 2.05) is 60.7 Å². The van der Waals surface area contributed by atoms with Gasteiger partial charge < -0.3 is 15.1 Å². The fourth-order valence-electron chi connectivity index (χ4n) is 2.94. The normalized spacial score (nSPS) is 10.9. The lowest BCUT2D eigenvalue weighted by Gasteiger charge is -2.06. The van der Waals surface area contributed by atoms with Gasteiger partial charge in [-0.1, -0.05) is 60.7 Å². The molecule has 0 aliphatic carbocycles. The van der Waals surface area contributed by atoms with E-state index in [0.717, 1.165) is 5.56 Å². The number of benzene rings is 3. The van der Waals surface area contributed by atoms with Gasteiger partial charge in [-0.15, -0.1) is 0 Å². The number of nitrogens with one attached hydrogen (secondary N) is 2. The summed E-state index contributed by atoms with van der Waals surface area (Å²) >= 11 is 0. The summed E-state index contributed by atoms with van der Waals surface area (Å²) in [7, 11) is 0. The van der Waals surface area contributed by atoms with Crippen LogP contribution < -0.4 is 10.6 Å². The van der Waals surface area contributed by atoms with E-state index < -0.39 is 5.91 Å². The number of fused-ring (bicyclic) bond motifs is 1. The second-order valence-electron chi connectivity index (χ2n) is 6.36. The molecule has 0 fully saturated rings. The van der Waals surface area contributed by atoms with Gasteiger partial charge in [0.25, 0.3) is 5.91 Å². The first-order valence-corrected chi connectivity index (χ1v) is 9.13. The minimum absolute atomic E-state index is 0.0523. The molecular formula is C24H18N2O3. The van der Waals surface area contributed by atoms with Crippen LogP contribution >= 0.6 is 0 Å². The monoisotopic (exact) mass is 382 g/mol. The molecule has 0 spiro atoms. The van der Waals surface area contributed by atoms with Gasteiger partial charge in [0, 0.05) is 17.1 Å². The van der Waals surface area contributed by atoms with Gasteiger partial charge in [0.2, 0.25) is 11.7 Å². The Morgan fingerprint density at radius 3 is 2.17 bits per heavy atom. The highest BCUT2D eigenvalue weighted by molar-refractivity contribution is 6.16. The Labute approximate surface area is 167 Å². The Morgan fingerprint density at radius 1 is 0.759 bits per heavy atom. The highest BCUT2D eigenvalue weighted by Crippen LogP contribution is 2.31. The summed E-state index contributed by atoms with van der Waals surface area (Å²) in [6.07, 6.45) is 3.14. The van der Waals surface area contributed by atoms with Crippen molar-refractivity contribution in [3.63, 3.8) is 0 Å². The number of para-hydroxylation sites is 2. The van der Waals surface area contributed by atoms with Gasteiger partial charge in [-0.3, -0.25) is 9.59 Å². The minimum Gasteiger partial charge on any atom is -0.449 e. The molecule has 0 saturated heterocycles. The van der Waals surface area contributed by atoms with Crippen molar-refractivity contribution in [3.05, 3.63) is 102 Å². The highest BCUT2D eigenvalue weighted by atomic mass is 16.3. The van der Waals surface area contributed by atoms with Crippen LogP contribution in [0.2, 0.25) is 0 Å². The smallest absolute Gasteiger partial charge is 0.293 e. The Bertz CT molecular complexity index is 1180. The molecule has 0 aliphatic heterocycles. The van der Waals surface area contributed by atoms with Gasteiger partial charge >= 0.3 is 0 Å². The van der Waals surface area contributed by atoms with Crippen LogP contribution in [0, 0.1) is 0 Å². The maximum absolute atomic E-state index is 12.8. The Hall–Kier alpha value is -4.12. The van der Waals surface area contributed by atoms with Crippen molar-refractivity contribution in [2.45, 2.75) is 0 Å². The molecule has 1 heterocycles. The topological polar surface area (TPSA) is 71.3 Å². The SMILES string of the molecule is O=C(/C=C\c1ccccc1)Nc1c(C(=O)Nc2ccccc2)oc2ccccc12. The molecule has 2 N–H and O–H groups in total. The first-order chi connectivity index (χ1) is 14.2. The molecule has 2 amide bonds. The van der Waals surface area contributed by atoms with Gasteiger partial charge in [-0.05, 0) is 35.9 Å². The van der Waals surface area contributed by atoms with Crippen LogP contribution in [0.15, 0.2) is 95.4 Å². The number of rotatable bonds is 5. The second kappa shape index (κ2) is 8.27. The maximum Gasteiger partial charge on any atom is 0.293 e. The molecule has 3 aromatic carbocycles. The van der Waals surface area contributed by atoms with Crippen LogP contribution in [0.3, 0.4) is 0 Å². The molecular weight excluding hydrogens is 364 g/mol. The van der Waals surface area contributed by atoms with Gasteiger partial charge in [-0.25, -0.2) is 0 Å². The molecule has 0 radical (unpaired) electrons. The van der Waals surface area contributed by atoms with Crippen molar-refractivity contribution in [3.8, 4) is 0 Å². The Balaban J connectivity index is 1.62. The number of anilines is 2. The van der Waals surface area contributed by atoms with Gasteiger partial charge in [-0.2, -0.15) is 0 Å². The predicted molar refractivity (Wildman–Crippen MR) is 115 cm³/mol. The predicted octanol–water partition coefficient (Wildman–Crippen LogP) is 5.34. The van der Waals surface area contributed by atoms with E-state index in [0.29, 0.717) is 22.3 Å². The summed E-state index contributed by atoms with van der Waals surface area (Å²) < 4.78 is 5.75. The van der Waals surface area contributed by atoms with Crippen molar-refractivity contribution in [1.29, 1.82) is 0 Å². The zero-order chi connectivity index (χ0) is 20.1. The van der Waals surface area contributed by atoms with Crippen molar-refractivity contribution in [2.75, 3.05) is 10.6 Å². The molecule has 0 bridgehead atoms. The van der Waals surface area contributed by atoms with Crippen molar-refractivity contribution in [1.82, 2.24) is 0 Å². The lowest BCUT2D eigenvalue weighted by molar-refractivity contribution is -0.111. The fraction of sp³-hybridized carbons (Fsp3) is 0. The van der Waals surface area contributed by atoms with E-state index >= 15 is 0 Å². The van der Waals surface area contributed by atoms with E-state index in [2.05, 4.69) is 10.6 Å². The van der Waals surface area contributed by atoms with E-state index in [9.17, 15) is 9.59 Å². The number of furan rings is 1. The molecule has 4 aromatic rings. The summed E-state index contributed by atoms with van der Waals surface area (Å²) in [6.45, 7) is 0. The van der Waals surface area contributed by atoms with E-state index in [1.54, 1.807) is 30.3 Å². The van der Waals surface area contributed by atoms with Crippen molar-refractivity contribution < 1.29 is 14.0 Å². The summed E-state index contributed by atoms with van der Waals surface area (Å²) in [5.41, 5.74) is 2.41. The van der Waals surface area contributed by atoms with Crippen LogP contribution in [0.4, 0.5) is 11.4 Å². The molecule has 29 heavy (non-hydrogen) atoms. The largest absolute Gasteiger partial charge is 0.449 e. The van der Waals surface area contributed by atoms with E-state index in [4.69, 9.17) is 4.42 Å². The van der Waals surface area contributed by atoms with Gasteiger partial charge in [0.05, 0.1) is 0 Å². The molecule has 5 nitrogen and oxygen atoms in total. The van der Waals surface area contributed by atoms with E-state index in [1.165, 1.54) is 6.08 Å². The number of amides is 2. The lowest BCUT2D eigenvalue weighted by Crippen LogP contribution is -2.15. The first-order valence-electron chi connectivity index (χ1n) is 9.13. The van der Waals surface area contributed by atoms with Crippen molar-refractivity contribution in [2.24, 2.45) is 0 Å². The molecule has 0 aliphatic rings. The number of hydrogen-bond donors (Lipinski definition) is 2. The van der Waals surface area contributed by atoms with Crippen LogP contribution in [0.1, 0.15) is 16.1 Å². The molecule has 142 valence electrons. The third-order valence-corrected chi connectivity index (χ3v) is 4.31. The Morgan fingerprint density at radius 2 is 1.41 bits per heavy atom. The maximum atomic E-state index is 12.8. The van der Waals surface area contributed by atoms with Crippen LogP contribution in [-0.2, 0) is 4.79 Å². The molecule has 4 rings (SSSR count). The van der Waals surface area contributed by atoms with Crippen LogP contribution in [0.5, 0.6) is 0 Å².